The second-order valence-electron chi connectivity index (χ2n) is 15.4. The van der Waals surface area contributed by atoms with Crippen molar-refractivity contribution in [2.24, 2.45) is 22.9 Å². The molecule has 0 bridgehead atoms. The molecule has 1 amide bonds. The maximum absolute atomic E-state index is 15.2. The first-order valence-electron chi connectivity index (χ1n) is 19.0. The first kappa shape index (κ1) is 45.8. The van der Waals surface area contributed by atoms with Crippen LogP contribution in [0, 0.1) is 5.82 Å². The fourth-order valence-electron chi connectivity index (χ4n) is 7.27. The molecule has 5 rings (SSSR count). The van der Waals surface area contributed by atoms with Gasteiger partial charge in [-0.15, -0.1) is 0 Å². The monoisotopic (exact) mass is 825 g/mol. The number of hydrogen-bond donors (Lipinski definition) is 12. The van der Waals surface area contributed by atoms with Crippen LogP contribution in [0.5, 0.6) is 0 Å². The van der Waals surface area contributed by atoms with Crippen LogP contribution in [-0.4, -0.2) is 165 Å². The van der Waals surface area contributed by atoms with E-state index in [1.54, 1.807) is 42.5 Å². The summed E-state index contributed by atoms with van der Waals surface area (Å²) in [4.78, 5) is 26.4. The fraction of sp³-hybridized carbons (Fsp3) is 0.632. The molecule has 16 atom stereocenters. The Morgan fingerprint density at radius 1 is 0.862 bits per heavy atom. The van der Waals surface area contributed by atoms with Crippen molar-refractivity contribution >= 4 is 11.9 Å². The first-order chi connectivity index (χ1) is 27.4. The minimum absolute atomic E-state index is 0.0335. The van der Waals surface area contributed by atoms with Gasteiger partial charge in [-0.05, 0) is 50.4 Å². The Labute approximate surface area is 333 Å². The highest BCUT2D eigenvalue weighted by atomic mass is 19.1. The lowest BCUT2D eigenvalue weighted by molar-refractivity contribution is -0.332. The van der Waals surface area contributed by atoms with Gasteiger partial charge in [0.15, 0.2) is 12.6 Å². The lowest BCUT2D eigenvalue weighted by Crippen LogP contribution is -2.69. The molecule has 0 unspecified atom stereocenters. The van der Waals surface area contributed by atoms with Gasteiger partial charge in [0.2, 0.25) is 5.91 Å². The zero-order chi connectivity index (χ0) is 42.6. The van der Waals surface area contributed by atoms with Crippen molar-refractivity contribution in [1.29, 1.82) is 0 Å². The molecule has 2 aromatic carbocycles. The van der Waals surface area contributed by atoms with Gasteiger partial charge in [-0.2, -0.15) is 0 Å². The largest absolute Gasteiger partial charge is 0.462 e. The van der Waals surface area contributed by atoms with Crippen LogP contribution in [0.15, 0.2) is 48.5 Å². The fourth-order valence-corrected chi connectivity index (χ4v) is 7.27. The van der Waals surface area contributed by atoms with E-state index in [9.17, 15) is 45.3 Å². The Bertz CT molecular complexity index is 1680. The van der Waals surface area contributed by atoms with Crippen molar-refractivity contribution in [3.05, 3.63) is 59.9 Å². The van der Waals surface area contributed by atoms with E-state index in [-0.39, 0.29) is 25.9 Å². The van der Waals surface area contributed by atoms with Crippen molar-refractivity contribution in [3.63, 3.8) is 0 Å². The molecule has 58 heavy (non-hydrogen) atoms. The zero-order valence-corrected chi connectivity index (χ0v) is 32.1. The highest BCUT2D eigenvalue weighted by molar-refractivity contribution is 5.82. The van der Waals surface area contributed by atoms with Crippen LogP contribution in [-0.2, 0) is 38.7 Å². The Morgan fingerprint density at radius 3 is 2.14 bits per heavy atom. The summed E-state index contributed by atoms with van der Waals surface area (Å²) in [6.07, 6.45) is -21.2. The van der Waals surface area contributed by atoms with Crippen LogP contribution >= 0.6 is 0 Å². The topological polar surface area (TPSA) is 338 Å². The normalized spacial score (nSPS) is 36.2. The van der Waals surface area contributed by atoms with Crippen LogP contribution in [0.4, 0.5) is 4.39 Å². The number of rotatable bonds is 14. The van der Waals surface area contributed by atoms with Gasteiger partial charge >= 0.3 is 5.97 Å². The Balaban J connectivity index is 1.32. The Hall–Kier alpha value is -3.29. The van der Waals surface area contributed by atoms with Gasteiger partial charge < -0.3 is 87.7 Å². The van der Waals surface area contributed by atoms with E-state index in [4.69, 9.17) is 46.6 Å². The highest BCUT2D eigenvalue weighted by Gasteiger charge is 2.53. The number of carbonyl (C=O) groups excluding carboxylic acids is 2. The quantitative estimate of drug-likeness (QED) is 0.0806. The van der Waals surface area contributed by atoms with E-state index in [2.05, 4.69) is 5.32 Å². The standard InChI is InChI=1S/C38H56FN5O14/c1-38(2,17-8-9-18(19(39)12-17)16-6-4-3-5-7-16)37(53)54-15-24-26(46)25(43)28(48)35(56-24)58-33-21(44-34(52)22(45)10-11-40)13-20(42)32(31(33)51)57-36-30(50)29(49)27(47)23(14-41)55-36/h3-9,12,20-33,35-36,45-51H,10-11,13-15,40-43H2,1-2H3,(H,44,52)/t20-,21+,22-,23+,24+,25-,26+,27+,28+,29-,30+,31-,32+,33-,35+,36+/m0/s1. The van der Waals surface area contributed by atoms with Gasteiger partial charge in [0, 0.05) is 18.2 Å². The third kappa shape index (κ3) is 9.84. The van der Waals surface area contributed by atoms with Gasteiger partial charge in [0.05, 0.1) is 17.5 Å². The average molecular weight is 826 g/mol. The molecule has 0 radical (unpaired) electrons. The van der Waals surface area contributed by atoms with E-state index in [0.717, 1.165) is 0 Å². The van der Waals surface area contributed by atoms with E-state index < -0.39 is 128 Å². The van der Waals surface area contributed by atoms with Crippen LogP contribution < -0.4 is 28.3 Å². The van der Waals surface area contributed by atoms with Crippen LogP contribution in [0.2, 0.25) is 0 Å². The van der Waals surface area contributed by atoms with Crippen molar-refractivity contribution in [3.8, 4) is 11.1 Å². The minimum atomic E-state index is -1.82. The molecular weight excluding hydrogens is 769 g/mol. The third-order valence-electron chi connectivity index (χ3n) is 11.0. The number of aliphatic hydroxyl groups is 7. The van der Waals surface area contributed by atoms with Gasteiger partial charge in [-0.1, -0.05) is 42.5 Å². The number of nitrogens with one attached hydrogen (secondary N) is 1. The number of halogens is 1. The smallest absolute Gasteiger partial charge is 0.316 e. The predicted molar refractivity (Wildman–Crippen MR) is 200 cm³/mol. The number of aliphatic hydroxyl groups excluding tert-OH is 7. The van der Waals surface area contributed by atoms with E-state index in [1.165, 1.54) is 19.9 Å². The number of amides is 1. The molecule has 0 spiro atoms. The Kier molecular flexibility index (Phi) is 15.3. The lowest BCUT2D eigenvalue weighted by Gasteiger charge is -2.49. The summed E-state index contributed by atoms with van der Waals surface area (Å²) < 4.78 is 44.1. The SMILES string of the molecule is CC(C)(C(=O)OC[C@H]1O[C@H](O[C@@H]2[C@@H](O)[C@H](O[C@H]3O[C@H](CN)[C@@H](O)[C@H](O)[C@H]3O)[C@@H](N)C[C@H]2NC(=O)[C@@H](O)CCN)[C@H](O)[C@@H](N)[C@@H]1O)c1ccc(-c2ccccc2)c(F)c1. The Morgan fingerprint density at radius 2 is 1.50 bits per heavy atom. The molecule has 1 aliphatic carbocycles. The molecule has 2 aromatic rings. The maximum atomic E-state index is 15.2. The van der Waals surface area contributed by atoms with E-state index >= 15 is 4.39 Å². The summed E-state index contributed by atoms with van der Waals surface area (Å²) in [5.41, 5.74) is 23.6. The van der Waals surface area contributed by atoms with Crippen LogP contribution in [0.3, 0.4) is 0 Å². The van der Waals surface area contributed by atoms with Gasteiger partial charge in [0.1, 0.15) is 79.6 Å². The highest BCUT2D eigenvalue weighted by Crippen LogP contribution is 2.34. The first-order valence-corrected chi connectivity index (χ1v) is 19.0. The zero-order valence-electron chi connectivity index (χ0n) is 32.1. The van der Waals surface area contributed by atoms with Gasteiger partial charge in [-0.3, -0.25) is 9.59 Å². The minimum Gasteiger partial charge on any atom is -0.462 e. The maximum Gasteiger partial charge on any atom is 0.316 e. The van der Waals surface area contributed by atoms with Gasteiger partial charge in [0.25, 0.3) is 0 Å². The van der Waals surface area contributed by atoms with E-state index in [0.29, 0.717) is 16.7 Å². The second-order valence-corrected chi connectivity index (χ2v) is 15.4. The molecule has 2 heterocycles. The summed E-state index contributed by atoms with van der Waals surface area (Å²) >= 11 is 0. The van der Waals surface area contributed by atoms with Crippen molar-refractivity contribution in [2.45, 2.75) is 130 Å². The average Bonchev–Trinajstić information content (AvgIpc) is 3.20. The lowest BCUT2D eigenvalue weighted by atomic mass is 9.83. The molecule has 2 saturated heterocycles. The molecular formula is C38H56FN5O14. The number of ether oxygens (including phenoxy) is 5. The molecule has 16 N–H and O–H groups in total. The summed E-state index contributed by atoms with van der Waals surface area (Å²) in [6, 6.07) is 9.45. The number of benzene rings is 2. The molecule has 2 aliphatic heterocycles. The molecule has 1 saturated carbocycles. The molecule has 324 valence electrons. The third-order valence-corrected chi connectivity index (χ3v) is 11.0. The summed E-state index contributed by atoms with van der Waals surface area (Å²) in [7, 11) is 0. The number of nitrogens with two attached hydrogens (primary N) is 4. The summed E-state index contributed by atoms with van der Waals surface area (Å²) in [6.45, 7) is 2.13. The number of esters is 1. The predicted octanol–water partition coefficient (Wildman–Crippen LogP) is -4.09. The molecule has 3 aliphatic rings. The van der Waals surface area contributed by atoms with Crippen LogP contribution in [0.25, 0.3) is 11.1 Å². The molecule has 3 fully saturated rings. The van der Waals surface area contributed by atoms with Crippen molar-refractivity contribution in [1.82, 2.24) is 5.32 Å². The van der Waals surface area contributed by atoms with Crippen molar-refractivity contribution < 1.29 is 73.4 Å². The summed E-state index contributed by atoms with van der Waals surface area (Å²) in [5.74, 6) is -2.27. The van der Waals surface area contributed by atoms with Crippen LogP contribution in [0.1, 0.15) is 32.3 Å². The summed E-state index contributed by atoms with van der Waals surface area (Å²) in [5, 5.41) is 77.9. The molecule has 20 heteroatoms. The van der Waals surface area contributed by atoms with E-state index in [1.807, 2.05) is 0 Å². The number of hydrogen-bond acceptors (Lipinski definition) is 18. The van der Waals surface area contributed by atoms with Crippen molar-refractivity contribution in [2.75, 3.05) is 19.7 Å². The number of carbonyl (C=O) groups is 2. The second kappa shape index (κ2) is 19.4. The van der Waals surface area contributed by atoms with Gasteiger partial charge in [-0.25, -0.2) is 4.39 Å². The molecule has 19 nitrogen and oxygen atoms in total. The molecule has 0 aromatic heterocycles.